The number of nitrogens with two attached hydrogens (primary N) is 1. The Morgan fingerprint density at radius 3 is 2.47 bits per heavy atom. The molecule has 0 rings (SSSR count). The normalized spacial score (nSPS) is 12.0. The van der Waals surface area contributed by atoms with Gasteiger partial charge in [0.2, 0.25) is 11.8 Å². The summed E-state index contributed by atoms with van der Waals surface area (Å²) in [6.07, 6.45) is 1.62. The fraction of sp³-hybridized carbons (Fsp3) is 0.833. The first-order valence-corrected chi connectivity index (χ1v) is 6.32. The Labute approximate surface area is 104 Å². The summed E-state index contributed by atoms with van der Waals surface area (Å²) in [5.41, 5.74) is 5.42. The van der Waals surface area contributed by atoms with Crippen LogP contribution in [0.3, 0.4) is 0 Å². The smallest absolute Gasteiger partial charge is 0.239 e. The maximum Gasteiger partial charge on any atom is 0.239 e. The van der Waals surface area contributed by atoms with E-state index in [1.807, 2.05) is 20.8 Å². The van der Waals surface area contributed by atoms with Crippen LogP contribution in [-0.2, 0) is 9.59 Å². The van der Waals surface area contributed by atoms with Crippen molar-refractivity contribution in [2.24, 2.45) is 11.7 Å². The van der Waals surface area contributed by atoms with Gasteiger partial charge in [0, 0.05) is 19.0 Å². The van der Waals surface area contributed by atoms with E-state index in [1.54, 1.807) is 4.90 Å². The van der Waals surface area contributed by atoms with Crippen LogP contribution in [0.4, 0.5) is 0 Å². The van der Waals surface area contributed by atoms with Crippen LogP contribution in [0.5, 0.6) is 0 Å². The molecule has 5 nitrogen and oxygen atoms in total. The van der Waals surface area contributed by atoms with Crippen molar-refractivity contribution >= 4 is 11.8 Å². The van der Waals surface area contributed by atoms with Crippen LogP contribution in [-0.4, -0.2) is 42.9 Å². The molecule has 3 N–H and O–H groups in total. The molecule has 0 aromatic rings. The van der Waals surface area contributed by atoms with Crippen molar-refractivity contribution in [1.29, 1.82) is 0 Å². The van der Waals surface area contributed by atoms with Gasteiger partial charge in [-0.1, -0.05) is 6.92 Å². The number of nitrogens with one attached hydrogen (secondary N) is 1. The minimum Gasteiger partial charge on any atom is -0.355 e. The molecule has 100 valence electrons. The molecule has 0 saturated carbocycles. The summed E-state index contributed by atoms with van der Waals surface area (Å²) in [5.74, 6) is -0.131. The van der Waals surface area contributed by atoms with Crippen LogP contribution >= 0.6 is 0 Å². The quantitative estimate of drug-likeness (QED) is 0.646. The number of carbonyl (C=O) groups excluding carboxylic acids is 2. The van der Waals surface area contributed by atoms with Crippen LogP contribution in [0.2, 0.25) is 0 Å². The number of rotatable bonds is 8. The molecule has 17 heavy (non-hydrogen) atoms. The molecule has 0 fully saturated rings. The van der Waals surface area contributed by atoms with E-state index in [2.05, 4.69) is 5.32 Å². The average Bonchev–Trinajstić information content (AvgIpc) is 2.32. The van der Waals surface area contributed by atoms with Gasteiger partial charge in [0.05, 0.1) is 6.54 Å². The predicted octanol–water partition coefficient (Wildman–Crippen LogP) is 0.346. The van der Waals surface area contributed by atoms with Crippen molar-refractivity contribution in [3.63, 3.8) is 0 Å². The van der Waals surface area contributed by atoms with E-state index >= 15 is 0 Å². The van der Waals surface area contributed by atoms with Crippen molar-refractivity contribution in [2.45, 2.75) is 33.6 Å². The first-order chi connectivity index (χ1) is 8.06. The lowest BCUT2D eigenvalue weighted by Gasteiger charge is -2.23. The van der Waals surface area contributed by atoms with E-state index in [9.17, 15) is 9.59 Å². The lowest BCUT2D eigenvalue weighted by atomic mass is 10.0. The molecule has 0 aliphatic rings. The zero-order valence-electron chi connectivity index (χ0n) is 11.2. The van der Waals surface area contributed by atoms with E-state index in [0.717, 1.165) is 12.8 Å². The van der Waals surface area contributed by atoms with Gasteiger partial charge in [0.1, 0.15) is 0 Å². The van der Waals surface area contributed by atoms with E-state index in [-0.39, 0.29) is 24.3 Å². The second-order valence-corrected chi connectivity index (χ2v) is 4.14. The largest absolute Gasteiger partial charge is 0.355 e. The molecular formula is C12H25N3O2. The van der Waals surface area contributed by atoms with Crippen molar-refractivity contribution < 1.29 is 9.59 Å². The van der Waals surface area contributed by atoms with Crippen molar-refractivity contribution in [2.75, 3.05) is 26.2 Å². The SMILES string of the molecule is CCNC(=O)CN(CC)C(=O)C(C)CCCN. The zero-order valence-corrected chi connectivity index (χ0v) is 11.2. The summed E-state index contributed by atoms with van der Waals surface area (Å²) < 4.78 is 0. The lowest BCUT2D eigenvalue weighted by molar-refractivity contribution is -0.139. The monoisotopic (exact) mass is 243 g/mol. The Morgan fingerprint density at radius 1 is 1.35 bits per heavy atom. The number of amides is 2. The number of hydrogen-bond acceptors (Lipinski definition) is 3. The third-order valence-electron chi connectivity index (χ3n) is 2.66. The molecular weight excluding hydrogens is 218 g/mol. The first kappa shape index (κ1) is 15.9. The van der Waals surface area contributed by atoms with E-state index in [4.69, 9.17) is 5.73 Å². The van der Waals surface area contributed by atoms with Gasteiger partial charge < -0.3 is 16.0 Å². The van der Waals surface area contributed by atoms with Crippen molar-refractivity contribution in [3.8, 4) is 0 Å². The van der Waals surface area contributed by atoms with Crippen LogP contribution in [0.25, 0.3) is 0 Å². The molecule has 1 atom stereocenters. The van der Waals surface area contributed by atoms with Gasteiger partial charge in [-0.15, -0.1) is 0 Å². The number of carbonyl (C=O) groups is 2. The molecule has 0 aliphatic heterocycles. The van der Waals surface area contributed by atoms with E-state index < -0.39 is 0 Å². The summed E-state index contributed by atoms with van der Waals surface area (Å²) >= 11 is 0. The second-order valence-electron chi connectivity index (χ2n) is 4.14. The zero-order chi connectivity index (χ0) is 13.3. The number of likely N-dealkylation sites (N-methyl/N-ethyl adjacent to an activating group) is 2. The van der Waals surface area contributed by atoms with Crippen molar-refractivity contribution in [3.05, 3.63) is 0 Å². The maximum absolute atomic E-state index is 12.0. The third-order valence-corrected chi connectivity index (χ3v) is 2.66. The number of hydrogen-bond donors (Lipinski definition) is 2. The van der Waals surface area contributed by atoms with Gasteiger partial charge in [-0.3, -0.25) is 9.59 Å². The van der Waals surface area contributed by atoms with Gasteiger partial charge in [-0.2, -0.15) is 0 Å². The van der Waals surface area contributed by atoms with E-state index in [1.165, 1.54) is 0 Å². The molecule has 0 radical (unpaired) electrons. The molecule has 0 saturated heterocycles. The van der Waals surface area contributed by atoms with Crippen LogP contribution < -0.4 is 11.1 Å². The Balaban J connectivity index is 4.24. The highest BCUT2D eigenvalue weighted by Crippen LogP contribution is 2.09. The Kier molecular flexibility index (Phi) is 8.40. The molecule has 0 aliphatic carbocycles. The highest BCUT2D eigenvalue weighted by Gasteiger charge is 2.20. The van der Waals surface area contributed by atoms with Crippen LogP contribution in [0.1, 0.15) is 33.6 Å². The Hall–Kier alpha value is -1.10. The average molecular weight is 243 g/mol. The highest BCUT2D eigenvalue weighted by atomic mass is 16.2. The molecule has 0 bridgehead atoms. The minimum absolute atomic E-state index is 0.0344. The molecule has 0 aromatic carbocycles. The van der Waals surface area contributed by atoms with Gasteiger partial charge in [0.15, 0.2) is 0 Å². The standard InChI is InChI=1S/C12H25N3O2/c1-4-14-11(16)9-15(5-2)12(17)10(3)7-6-8-13/h10H,4-9,13H2,1-3H3,(H,14,16). The third kappa shape index (κ3) is 6.26. The fourth-order valence-electron chi connectivity index (χ4n) is 1.63. The molecule has 2 amide bonds. The molecule has 0 heterocycles. The predicted molar refractivity (Wildman–Crippen MR) is 68.4 cm³/mol. The fourth-order valence-corrected chi connectivity index (χ4v) is 1.63. The lowest BCUT2D eigenvalue weighted by Crippen LogP contribution is -2.42. The van der Waals surface area contributed by atoms with Gasteiger partial charge >= 0.3 is 0 Å². The summed E-state index contributed by atoms with van der Waals surface area (Å²) in [4.78, 5) is 25.0. The van der Waals surface area contributed by atoms with E-state index in [0.29, 0.717) is 19.6 Å². The minimum atomic E-state index is -0.103. The van der Waals surface area contributed by atoms with Gasteiger partial charge in [0.25, 0.3) is 0 Å². The van der Waals surface area contributed by atoms with Crippen LogP contribution in [0.15, 0.2) is 0 Å². The van der Waals surface area contributed by atoms with Gasteiger partial charge in [-0.05, 0) is 33.2 Å². The number of nitrogens with zero attached hydrogens (tertiary/aromatic N) is 1. The summed E-state index contributed by atoms with van der Waals surface area (Å²) in [5, 5.41) is 2.69. The second kappa shape index (κ2) is 8.98. The van der Waals surface area contributed by atoms with Gasteiger partial charge in [-0.25, -0.2) is 0 Å². The Bertz CT molecular complexity index is 244. The maximum atomic E-state index is 12.0. The first-order valence-electron chi connectivity index (χ1n) is 6.32. The molecule has 1 unspecified atom stereocenters. The Morgan fingerprint density at radius 2 is 2.00 bits per heavy atom. The van der Waals surface area contributed by atoms with Crippen LogP contribution in [0, 0.1) is 5.92 Å². The molecule has 0 aromatic heterocycles. The topological polar surface area (TPSA) is 75.4 Å². The summed E-state index contributed by atoms with van der Waals surface area (Å²) in [7, 11) is 0. The summed E-state index contributed by atoms with van der Waals surface area (Å²) in [6.45, 7) is 7.53. The summed E-state index contributed by atoms with van der Waals surface area (Å²) in [6, 6.07) is 0. The highest BCUT2D eigenvalue weighted by molar-refractivity contribution is 5.85. The molecule has 0 spiro atoms. The molecule has 5 heteroatoms. The van der Waals surface area contributed by atoms with Crippen molar-refractivity contribution in [1.82, 2.24) is 10.2 Å².